The molecule has 0 saturated carbocycles. The Morgan fingerprint density at radius 3 is 2.48 bits per heavy atom. The molecule has 3 rings (SSSR count). The van der Waals surface area contributed by atoms with Gasteiger partial charge in [0.25, 0.3) is 0 Å². The van der Waals surface area contributed by atoms with Crippen LogP contribution in [0.3, 0.4) is 0 Å². The fourth-order valence-electron chi connectivity index (χ4n) is 3.90. The number of amides is 2. The molecule has 2 atom stereocenters. The highest BCUT2D eigenvalue weighted by Crippen LogP contribution is 2.39. The van der Waals surface area contributed by atoms with E-state index in [1.54, 1.807) is 4.90 Å². The molecule has 154 valence electrons. The number of carbonyl (C=O) groups excluding carboxylic acids is 2. The summed E-state index contributed by atoms with van der Waals surface area (Å²) in [6.07, 6.45) is 1.37. The predicted octanol–water partition coefficient (Wildman–Crippen LogP) is 3.36. The molecule has 1 heterocycles. The summed E-state index contributed by atoms with van der Waals surface area (Å²) in [5.74, 6) is -0.391. The zero-order valence-electron chi connectivity index (χ0n) is 17.7. The molecular formula is C24H31N3O2. The Hall–Kier alpha value is -2.66. The van der Waals surface area contributed by atoms with Gasteiger partial charge in [-0.05, 0) is 56.4 Å². The van der Waals surface area contributed by atoms with Crippen molar-refractivity contribution >= 4 is 17.5 Å². The maximum absolute atomic E-state index is 13.2. The largest absolute Gasteiger partial charge is 0.350 e. The van der Waals surface area contributed by atoms with Gasteiger partial charge in [-0.3, -0.25) is 9.59 Å². The van der Waals surface area contributed by atoms with Crippen LogP contribution in [0.5, 0.6) is 0 Å². The second-order valence-electron chi connectivity index (χ2n) is 8.77. The maximum Gasteiger partial charge on any atom is 0.244 e. The highest BCUT2D eigenvalue weighted by molar-refractivity contribution is 6.03. The molecule has 1 aliphatic rings. The number of carbonyl (C=O) groups is 2. The summed E-state index contributed by atoms with van der Waals surface area (Å²) in [6.45, 7) is 7.82. The Morgan fingerprint density at radius 1 is 1.17 bits per heavy atom. The smallest absolute Gasteiger partial charge is 0.244 e. The molecule has 0 aromatic heterocycles. The van der Waals surface area contributed by atoms with Crippen LogP contribution in [-0.2, 0) is 16.0 Å². The third-order valence-corrected chi connectivity index (χ3v) is 5.26. The highest BCUT2D eigenvalue weighted by Gasteiger charge is 2.35. The molecule has 0 spiro atoms. The fraction of sp³-hybridized carbons (Fsp3) is 0.417. The van der Waals surface area contributed by atoms with Crippen molar-refractivity contribution in [3.8, 4) is 0 Å². The minimum Gasteiger partial charge on any atom is -0.350 e. The number of hydrogen-bond donors (Lipinski definition) is 2. The molecule has 0 bridgehead atoms. The molecule has 0 fully saturated rings. The first kappa shape index (κ1) is 21.1. The summed E-state index contributed by atoms with van der Waals surface area (Å²) in [4.78, 5) is 27.4. The molecule has 2 amide bonds. The monoisotopic (exact) mass is 393 g/mol. The lowest BCUT2D eigenvalue weighted by Gasteiger charge is -2.27. The van der Waals surface area contributed by atoms with E-state index in [-0.39, 0.29) is 29.8 Å². The molecule has 2 aromatic carbocycles. The van der Waals surface area contributed by atoms with Crippen LogP contribution >= 0.6 is 0 Å². The average Bonchev–Trinajstić information content (AvgIpc) is 2.77. The number of fused-ring (bicyclic) bond motifs is 1. The second-order valence-corrected chi connectivity index (χ2v) is 8.77. The van der Waals surface area contributed by atoms with Crippen LogP contribution in [0.4, 0.5) is 5.69 Å². The summed E-state index contributed by atoms with van der Waals surface area (Å²) in [6, 6.07) is 15.7. The summed E-state index contributed by atoms with van der Waals surface area (Å²) < 4.78 is 0. The normalized spacial score (nSPS) is 19.5. The Morgan fingerprint density at radius 2 is 1.86 bits per heavy atom. The number of rotatable bonds is 4. The van der Waals surface area contributed by atoms with Gasteiger partial charge in [-0.25, -0.2) is 0 Å². The van der Waals surface area contributed by atoms with E-state index in [2.05, 4.69) is 36.5 Å². The van der Waals surface area contributed by atoms with Gasteiger partial charge < -0.3 is 16.0 Å². The Kier molecular flexibility index (Phi) is 6.08. The van der Waals surface area contributed by atoms with Gasteiger partial charge in [0.2, 0.25) is 11.8 Å². The van der Waals surface area contributed by atoms with E-state index in [1.165, 1.54) is 0 Å². The maximum atomic E-state index is 13.2. The number of anilines is 1. The van der Waals surface area contributed by atoms with E-state index in [0.717, 1.165) is 28.8 Å². The lowest BCUT2D eigenvalue weighted by molar-refractivity contribution is -0.125. The number of nitrogens with two attached hydrogens (primary N) is 1. The summed E-state index contributed by atoms with van der Waals surface area (Å²) >= 11 is 0. The van der Waals surface area contributed by atoms with Crippen LogP contribution in [0.2, 0.25) is 0 Å². The molecule has 1 aliphatic heterocycles. The lowest BCUT2D eigenvalue weighted by atomic mass is 9.85. The Labute approximate surface area is 173 Å². The van der Waals surface area contributed by atoms with Crippen LogP contribution in [0.25, 0.3) is 0 Å². The zero-order valence-corrected chi connectivity index (χ0v) is 17.7. The number of benzene rings is 2. The first-order valence-corrected chi connectivity index (χ1v) is 10.3. The molecule has 0 unspecified atom stereocenters. The van der Waals surface area contributed by atoms with E-state index in [9.17, 15) is 9.59 Å². The highest BCUT2D eigenvalue weighted by atomic mass is 16.2. The summed E-state index contributed by atoms with van der Waals surface area (Å²) in [7, 11) is 0. The molecule has 0 saturated heterocycles. The average molecular weight is 394 g/mol. The van der Waals surface area contributed by atoms with Crippen molar-refractivity contribution in [1.29, 1.82) is 0 Å². The minimum atomic E-state index is -0.667. The lowest BCUT2D eigenvalue weighted by Crippen LogP contribution is -2.50. The van der Waals surface area contributed by atoms with Gasteiger partial charge in [-0.1, -0.05) is 49.4 Å². The van der Waals surface area contributed by atoms with E-state index in [0.29, 0.717) is 6.42 Å². The Balaban J connectivity index is 2.07. The molecule has 5 heteroatoms. The van der Waals surface area contributed by atoms with Crippen LogP contribution in [-0.4, -0.2) is 29.9 Å². The van der Waals surface area contributed by atoms with Crippen LogP contribution < -0.4 is 16.0 Å². The van der Waals surface area contributed by atoms with Gasteiger partial charge in [0.1, 0.15) is 6.54 Å². The van der Waals surface area contributed by atoms with E-state index < -0.39 is 6.04 Å². The van der Waals surface area contributed by atoms with Crippen molar-refractivity contribution < 1.29 is 9.59 Å². The van der Waals surface area contributed by atoms with Crippen molar-refractivity contribution in [2.45, 2.75) is 58.0 Å². The molecule has 0 radical (unpaired) electrons. The van der Waals surface area contributed by atoms with Crippen molar-refractivity contribution in [3.63, 3.8) is 0 Å². The van der Waals surface area contributed by atoms with Crippen LogP contribution in [0.15, 0.2) is 48.5 Å². The SMILES string of the molecule is CCc1ccc2c(c1)N(CC(=O)NC(C)(C)C)C(=O)[C@H](N)C[C@@H]2c1ccccc1. The van der Waals surface area contributed by atoms with Gasteiger partial charge in [-0.15, -0.1) is 0 Å². The van der Waals surface area contributed by atoms with Gasteiger partial charge in [0.15, 0.2) is 0 Å². The van der Waals surface area contributed by atoms with Gasteiger partial charge in [0.05, 0.1) is 6.04 Å². The number of nitrogens with one attached hydrogen (secondary N) is 1. The third-order valence-electron chi connectivity index (χ3n) is 5.26. The standard InChI is InChI=1S/C24H31N3O2/c1-5-16-11-12-18-19(17-9-7-6-8-10-17)14-20(25)23(29)27(21(18)13-16)15-22(28)26-24(2,3)4/h6-13,19-20H,5,14-15,25H2,1-4H3,(H,26,28)/t19-,20-/m1/s1. The molecule has 2 aromatic rings. The molecule has 29 heavy (non-hydrogen) atoms. The van der Waals surface area contributed by atoms with E-state index in [4.69, 9.17) is 5.73 Å². The first-order chi connectivity index (χ1) is 13.7. The van der Waals surface area contributed by atoms with E-state index in [1.807, 2.05) is 45.0 Å². The van der Waals surface area contributed by atoms with Gasteiger partial charge >= 0.3 is 0 Å². The predicted molar refractivity (Wildman–Crippen MR) is 117 cm³/mol. The quantitative estimate of drug-likeness (QED) is 0.836. The molecular weight excluding hydrogens is 362 g/mol. The minimum absolute atomic E-state index is 0.00623. The molecule has 0 aliphatic carbocycles. The van der Waals surface area contributed by atoms with Gasteiger partial charge in [-0.2, -0.15) is 0 Å². The van der Waals surface area contributed by atoms with Crippen molar-refractivity contribution in [2.75, 3.05) is 11.4 Å². The molecule has 5 nitrogen and oxygen atoms in total. The van der Waals surface area contributed by atoms with Crippen molar-refractivity contribution in [1.82, 2.24) is 5.32 Å². The number of nitrogens with zero attached hydrogens (tertiary/aromatic N) is 1. The van der Waals surface area contributed by atoms with Gasteiger partial charge in [0, 0.05) is 17.1 Å². The van der Waals surface area contributed by atoms with Crippen LogP contribution in [0.1, 0.15) is 56.7 Å². The van der Waals surface area contributed by atoms with Crippen molar-refractivity contribution in [2.24, 2.45) is 5.73 Å². The molecule has 3 N–H and O–H groups in total. The third kappa shape index (κ3) is 4.85. The zero-order chi connectivity index (χ0) is 21.2. The Bertz CT molecular complexity index is 887. The number of hydrogen-bond acceptors (Lipinski definition) is 3. The van der Waals surface area contributed by atoms with Crippen LogP contribution in [0, 0.1) is 0 Å². The first-order valence-electron chi connectivity index (χ1n) is 10.3. The second kappa shape index (κ2) is 8.37. The van der Waals surface area contributed by atoms with Crippen molar-refractivity contribution in [3.05, 3.63) is 65.2 Å². The fourth-order valence-corrected chi connectivity index (χ4v) is 3.90. The van der Waals surface area contributed by atoms with E-state index >= 15 is 0 Å². The topological polar surface area (TPSA) is 75.4 Å². The summed E-state index contributed by atoms with van der Waals surface area (Å²) in [5.41, 5.74) is 10.0. The number of aryl methyl sites for hydroxylation is 1. The summed E-state index contributed by atoms with van der Waals surface area (Å²) in [5, 5.41) is 2.95.